The zero-order valence-corrected chi connectivity index (χ0v) is 8.07. The van der Waals surface area contributed by atoms with E-state index in [0.717, 1.165) is 0 Å². The Morgan fingerprint density at radius 2 is 1.86 bits per heavy atom. The minimum atomic E-state index is -0.561. The maximum atomic E-state index is 11.5. The van der Waals surface area contributed by atoms with Gasteiger partial charge in [0.15, 0.2) is 0 Å². The molecule has 1 aromatic carbocycles. The molecule has 0 heterocycles. The fourth-order valence-electron chi connectivity index (χ4n) is 0.996. The molecule has 73 valence electrons. The number of carbonyl (C=O) groups excluding carboxylic acids is 2. The van der Waals surface area contributed by atoms with Crippen LogP contribution in [0.2, 0.25) is 0 Å². The van der Waals surface area contributed by atoms with E-state index in [1.54, 1.807) is 14.1 Å². The van der Waals surface area contributed by atoms with Crippen molar-refractivity contribution in [3.8, 4) is 0 Å². The van der Waals surface area contributed by atoms with Gasteiger partial charge in [-0.15, -0.1) is 0 Å². The summed E-state index contributed by atoms with van der Waals surface area (Å²) >= 11 is 0. The fraction of sp³-hybridized carbons (Fsp3) is 0.200. The van der Waals surface area contributed by atoms with Crippen LogP contribution < -0.4 is 5.73 Å². The normalized spacial score (nSPS) is 9.57. The summed E-state index contributed by atoms with van der Waals surface area (Å²) in [6, 6.07) is 7.13. The number of carbonyl (C=O) groups is 2. The van der Waals surface area contributed by atoms with Crippen LogP contribution in [0.3, 0.4) is 0 Å². The van der Waals surface area contributed by atoms with Crippen LogP contribution in [0, 0.1) is 6.07 Å². The first kappa shape index (κ1) is 10.2. The highest BCUT2D eigenvalue weighted by Gasteiger charge is 2.09. The Balaban J connectivity index is 3.06. The summed E-state index contributed by atoms with van der Waals surface area (Å²) in [6.07, 6.45) is 0. The summed E-state index contributed by atoms with van der Waals surface area (Å²) < 4.78 is 0. The molecule has 4 heteroatoms. The van der Waals surface area contributed by atoms with Gasteiger partial charge in [0.1, 0.15) is 0 Å². The largest absolute Gasteiger partial charge is 0.366 e. The molecule has 0 saturated heterocycles. The van der Waals surface area contributed by atoms with Crippen LogP contribution in [-0.4, -0.2) is 30.8 Å². The van der Waals surface area contributed by atoms with Crippen molar-refractivity contribution >= 4 is 11.8 Å². The van der Waals surface area contributed by atoms with E-state index < -0.39 is 5.91 Å². The van der Waals surface area contributed by atoms with Gasteiger partial charge in [-0.05, 0) is 24.3 Å². The third kappa shape index (κ3) is 2.10. The first-order chi connectivity index (χ1) is 6.52. The van der Waals surface area contributed by atoms with Gasteiger partial charge in [0.05, 0.1) is 0 Å². The molecule has 1 rings (SSSR count). The molecule has 0 atom stereocenters. The maximum Gasteiger partial charge on any atom is 0.253 e. The van der Waals surface area contributed by atoms with Gasteiger partial charge in [-0.2, -0.15) is 0 Å². The zero-order chi connectivity index (χ0) is 10.7. The van der Waals surface area contributed by atoms with E-state index in [-0.39, 0.29) is 11.5 Å². The van der Waals surface area contributed by atoms with Gasteiger partial charge in [0.2, 0.25) is 5.91 Å². The third-order valence-electron chi connectivity index (χ3n) is 1.73. The maximum absolute atomic E-state index is 11.5. The van der Waals surface area contributed by atoms with Crippen molar-refractivity contribution in [2.45, 2.75) is 0 Å². The average Bonchev–Trinajstić information content (AvgIpc) is 2.16. The predicted molar refractivity (Wildman–Crippen MR) is 51.8 cm³/mol. The standard InChI is InChI=1S/C10H11N2O2/c1-12(2)10(14)8-5-3-4-7(6-8)9(11)13/h4-6H,1-2H3,(H2,11,13). The molecule has 1 radical (unpaired) electrons. The minimum absolute atomic E-state index is 0.177. The number of benzene rings is 1. The van der Waals surface area contributed by atoms with Crippen LogP contribution in [0.5, 0.6) is 0 Å². The lowest BCUT2D eigenvalue weighted by molar-refractivity contribution is 0.0827. The lowest BCUT2D eigenvalue weighted by atomic mass is 10.1. The van der Waals surface area contributed by atoms with Crippen molar-refractivity contribution < 1.29 is 9.59 Å². The molecule has 0 fully saturated rings. The first-order valence-electron chi connectivity index (χ1n) is 4.05. The van der Waals surface area contributed by atoms with Gasteiger partial charge in [0.25, 0.3) is 5.91 Å². The quantitative estimate of drug-likeness (QED) is 0.730. The van der Waals surface area contributed by atoms with Crippen molar-refractivity contribution in [2.24, 2.45) is 5.73 Å². The van der Waals surface area contributed by atoms with Crippen molar-refractivity contribution in [3.63, 3.8) is 0 Å². The number of hydrogen-bond donors (Lipinski definition) is 1. The van der Waals surface area contributed by atoms with E-state index in [0.29, 0.717) is 5.56 Å². The molecule has 2 amide bonds. The van der Waals surface area contributed by atoms with Gasteiger partial charge in [-0.1, -0.05) is 0 Å². The Labute approximate surface area is 82.3 Å². The molecular weight excluding hydrogens is 180 g/mol. The van der Waals surface area contributed by atoms with E-state index >= 15 is 0 Å². The number of primary amides is 1. The molecule has 4 nitrogen and oxygen atoms in total. The van der Waals surface area contributed by atoms with Crippen LogP contribution in [0.25, 0.3) is 0 Å². The highest BCUT2D eigenvalue weighted by atomic mass is 16.2. The third-order valence-corrected chi connectivity index (χ3v) is 1.73. The van der Waals surface area contributed by atoms with Gasteiger partial charge in [-0.25, -0.2) is 0 Å². The Bertz CT molecular complexity index is 372. The van der Waals surface area contributed by atoms with Crippen molar-refractivity contribution in [2.75, 3.05) is 14.1 Å². The topological polar surface area (TPSA) is 63.4 Å². The Morgan fingerprint density at radius 1 is 1.29 bits per heavy atom. The van der Waals surface area contributed by atoms with Crippen LogP contribution in [0.15, 0.2) is 18.2 Å². The molecule has 0 unspecified atom stereocenters. The number of nitrogens with zero attached hydrogens (tertiary/aromatic N) is 1. The van der Waals surface area contributed by atoms with Gasteiger partial charge in [0, 0.05) is 25.2 Å². The zero-order valence-electron chi connectivity index (χ0n) is 8.07. The van der Waals surface area contributed by atoms with Gasteiger partial charge in [-0.3, -0.25) is 9.59 Å². The molecule has 0 aliphatic heterocycles. The van der Waals surface area contributed by atoms with E-state index in [1.807, 2.05) is 0 Å². The summed E-state index contributed by atoms with van der Waals surface area (Å²) in [6.45, 7) is 0. The Hall–Kier alpha value is -1.84. The molecular formula is C10H11N2O2. The van der Waals surface area contributed by atoms with Crippen LogP contribution in [0.1, 0.15) is 20.7 Å². The fourth-order valence-corrected chi connectivity index (χ4v) is 0.996. The van der Waals surface area contributed by atoms with E-state index in [9.17, 15) is 9.59 Å². The summed E-state index contributed by atoms with van der Waals surface area (Å²) in [4.78, 5) is 23.7. The summed E-state index contributed by atoms with van der Waals surface area (Å²) in [5.74, 6) is -0.737. The second kappa shape index (κ2) is 3.91. The molecule has 0 aliphatic carbocycles. The Morgan fingerprint density at radius 3 is 2.36 bits per heavy atom. The second-order valence-corrected chi connectivity index (χ2v) is 3.07. The van der Waals surface area contributed by atoms with E-state index in [2.05, 4.69) is 6.07 Å². The molecule has 0 aromatic heterocycles. The summed E-state index contributed by atoms with van der Waals surface area (Å²) in [7, 11) is 3.28. The van der Waals surface area contributed by atoms with Gasteiger partial charge < -0.3 is 10.6 Å². The number of amides is 2. The van der Waals surface area contributed by atoms with Crippen LogP contribution in [-0.2, 0) is 0 Å². The predicted octanol–water partition coefficient (Wildman–Crippen LogP) is 0.287. The molecule has 2 N–H and O–H groups in total. The summed E-state index contributed by atoms with van der Waals surface area (Å²) in [5.41, 5.74) is 5.77. The molecule has 1 aromatic rings. The number of rotatable bonds is 2. The number of nitrogens with two attached hydrogens (primary N) is 1. The van der Waals surface area contributed by atoms with Crippen molar-refractivity contribution in [1.29, 1.82) is 0 Å². The lowest BCUT2D eigenvalue weighted by Crippen LogP contribution is -2.22. The van der Waals surface area contributed by atoms with Crippen LogP contribution in [0.4, 0.5) is 0 Å². The van der Waals surface area contributed by atoms with E-state index in [4.69, 9.17) is 5.73 Å². The molecule has 0 saturated carbocycles. The van der Waals surface area contributed by atoms with E-state index in [1.165, 1.54) is 23.1 Å². The highest BCUT2D eigenvalue weighted by Crippen LogP contribution is 2.05. The van der Waals surface area contributed by atoms with Gasteiger partial charge >= 0.3 is 0 Å². The average molecular weight is 191 g/mol. The molecule has 0 spiro atoms. The lowest BCUT2D eigenvalue weighted by Gasteiger charge is -2.10. The SMILES string of the molecule is CN(C)C(=O)c1c[c]cc(C(N)=O)c1. The Kier molecular flexibility index (Phi) is 2.86. The summed E-state index contributed by atoms with van der Waals surface area (Å²) in [5, 5.41) is 0. The number of hydrogen-bond acceptors (Lipinski definition) is 2. The first-order valence-corrected chi connectivity index (χ1v) is 4.05. The van der Waals surface area contributed by atoms with Crippen LogP contribution >= 0.6 is 0 Å². The monoisotopic (exact) mass is 191 g/mol. The molecule has 14 heavy (non-hydrogen) atoms. The highest BCUT2D eigenvalue weighted by molar-refractivity contribution is 5.98. The minimum Gasteiger partial charge on any atom is -0.366 e. The molecule has 0 aliphatic rings. The smallest absolute Gasteiger partial charge is 0.253 e. The molecule has 0 bridgehead atoms. The second-order valence-electron chi connectivity index (χ2n) is 3.07. The van der Waals surface area contributed by atoms with Crippen molar-refractivity contribution in [1.82, 2.24) is 4.90 Å². The van der Waals surface area contributed by atoms with Crippen molar-refractivity contribution in [3.05, 3.63) is 35.4 Å².